The van der Waals surface area contributed by atoms with Gasteiger partial charge in [-0.25, -0.2) is 24.6 Å². The third kappa shape index (κ3) is 6.73. The van der Waals surface area contributed by atoms with Crippen molar-refractivity contribution >= 4 is 45.4 Å². The fraction of sp³-hybridized carbons (Fsp3) is 0.286. The maximum atomic E-state index is 14.4. The maximum Gasteiger partial charge on any atom is 0.367 e. The summed E-state index contributed by atoms with van der Waals surface area (Å²) in [6.07, 6.45) is 0.975. The summed E-state index contributed by atoms with van der Waals surface area (Å²) < 4.78 is 5.93. The fourth-order valence-electron chi connectivity index (χ4n) is 6.17. The smallest absolute Gasteiger partial charge is 0.367 e. The number of ether oxygens (including phenoxy) is 1. The second kappa shape index (κ2) is 14.2. The van der Waals surface area contributed by atoms with Gasteiger partial charge in [-0.2, -0.15) is 0 Å². The molecule has 4 amide bonds. The summed E-state index contributed by atoms with van der Waals surface area (Å²) in [6, 6.07) is 20.2. The first-order chi connectivity index (χ1) is 23.3. The normalized spacial score (nSPS) is 18.1. The van der Waals surface area contributed by atoms with Gasteiger partial charge < -0.3 is 25.0 Å². The van der Waals surface area contributed by atoms with Crippen molar-refractivity contribution in [3.05, 3.63) is 107 Å². The van der Waals surface area contributed by atoms with E-state index in [0.29, 0.717) is 5.52 Å². The van der Waals surface area contributed by atoms with Crippen molar-refractivity contribution in [2.45, 2.75) is 38.6 Å². The number of aromatic hydroxyl groups is 1. The monoisotopic (exact) mass is 668 g/mol. The molecule has 0 unspecified atom stereocenters. The summed E-state index contributed by atoms with van der Waals surface area (Å²) in [5.41, 5.74) is 2.96. The van der Waals surface area contributed by atoms with Gasteiger partial charge in [-0.05, 0) is 41.8 Å². The molecule has 2 saturated heterocycles. The van der Waals surface area contributed by atoms with E-state index >= 15 is 0 Å². The zero-order valence-electron chi connectivity index (χ0n) is 26.4. The minimum absolute atomic E-state index is 0.0360. The summed E-state index contributed by atoms with van der Waals surface area (Å²) in [5, 5.41) is 16.3. The summed E-state index contributed by atoms with van der Waals surface area (Å²) in [5.74, 6) is -0.996. The molecule has 0 radical (unpaired) electrons. The number of nitrogens with one attached hydrogen (secondary N) is 1. The summed E-state index contributed by atoms with van der Waals surface area (Å²) in [6.45, 7) is 6.35. The molecule has 1 aromatic heterocycles. The number of nitrogens with zero attached hydrogens (tertiary/aromatic N) is 5. The number of hydrogen-bond donors (Lipinski definition) is 2. The molecule has 6 rings (SSSR count). The SMILES string of the molecule is C=CCN1CC(=O)N2[C@@H](Cc3ccc(O)cc3)C(=O)N(Cc3cccc4sc(C(=O)OCC)nc34)C[C@@H]2N1C(=O)NCc1ccccc1. The molecule has 248 valence electrons. The number of urea groups is 1. The number of aromatic nitrogens is 1. The zero-order valence-corrected chi connectivity index (χ0v) is 27.3. The van der Waals surface area contributed by atoms with Gasteiger partial charge in [0.1, 0.15) is 18.0 Å². The second-order valence-electron chi connectivity index (χ2n) is 11.5. The maximum absolute atomic E-state index is 14.4. The average molecular weight is 669 g/mol. The number of thiazole rings is 1. The molecule has 2 fully saturated rings. The molecule has 0 aliphatic carbocycles. The third-order valence-corrected chi connectivity index (χ3v) is 9.34. The van der Waals surface area contributed by atoms with E-state index in [2.05, 4.69) is 16.9 Å². The van der Waals surface area contributed by atoms with E-state index in [-0.39, 0.29) is 68.3 Å². The van der Waals surface area contributed by atoms with Crippen molar-refractivity contribution in [2.24, 2.45) is 0 Å². The third-order valence-electron chi connectivity index (χ3n) is 8.34. The molecule has 0 spiro atoms. The van der Waals surface area contributed by atoms with Gasteiger partial charge in [-0.3, -0.25) is 9.59 Å². The lowest BCUT2D eigenvalue weighted by Crippen LogP contribution is -2.76. The number of amides is 4. The molecule has 2 atom stereocenters. The Morgan fingerprint density at radius 1 is 1.06 bits per heavy atom. The number of hydrogen-bond acceptors (Lipinski definition) is 9. The van der Waals surface area contributed by atoms with Crippen LogP contribution < -0.4 is 5.32 Å². The number of fused-ring (bicyclic) bond motifs is 2. The Labute approximate surface area is 281 Å². The minimum atomic E-state index is -0.930. The van der Waals surface area contributed by atoms with Gasteiger partial charge in [-0.1, -0.05) is 60.7 Å². The summed E-state index contributed by atoms with van der Waals surface area (Å²) in [4.78, 5) is 62.4. The number of carbonyl (C=O) groups excluding carboxylic acids is 4. The van der Waals surface area contributed by atoms with Crippen molar-refractivity contribution in [3.8, 4) is 5.75 Å². The lowest BCUT2D eigenvalue weighted by molar-refractivity contribution is -0.189. The number of esters is 1. The Hall–Kier alpha value is -5.27. The van der Waals surface area contributed by atoms with Crippen LogP contribution in [0, 0.1) is 0 Å². The highest BCUT2D eigenvalue weighted by Gasteiger charge is 2.51. The predicted molar refractivity (Wildman–Crippen MR) is 180 cm³/mol. The van der Waals surface area contributed by atoms with Crippen molar-refractivity contribution in [3.63, 3.8) is 0 Å². The predicted octanol–water partition coefficient (Wildman–Crippen LogP) is 3.92. The summed E-state index contributed by atoms with van der Waals surface area (Å²) in [7, 11) is 0. The van der Waals surface area contributed by atoms with E-state index in [1.165, 1.54) is 33.4 Å². The Bertz CT molecular complexity index is 1830. The quantitative estimate of drug-likeness (QED) is 0.192. The lowest BCUT2D eigenvalue weighted by Gasteiger charge is -2.55. The van der Waals surface area contributed by atoms with Crippen LogP contribution in [-0.2, 0) is 33.8 Å². The van der Waals surface area contributed by atoms with Gasteiger partial charge in [0.05, 0.1) is 29.9 Å². The topological polar surface area (TPSA) is 136 Å². The molecule has 13 heteroatoms. The average Bonchev–Trinajstić information content (AvgIpc) is 3.53. The number of piperazine rings is 1. The standard InChI is InChI=1S/C35H36N6O6S/c1-3-17-39-22-30(43)40-27(18-23-13-15-26(42)16-14-23)33(44)38(21-29(40)41(39)35(46)36-19-24-9-6-5-7-10-24)20-25-11-8-12-28-31(25)37-32(48-28)34(45)47-4-2/h3,5-16,27,29,42H,1,4,17-22H2,2H3,(H,36,46)/t27-,29-/m0/s1. The van der Waals surface area contributed by atoms with Crippen LogP contribution in [0.4, 0.5) is 4.79 Å². The van der Waals surface area contributed by atoms with E-state index in [0.717, 1.165) is 21.4 Å². The van der Waals surface area contributed by atoms with E-state index in [1.54, 1.807) is 35.0 Å². The summed E-state index contributed by atoms with van der Waals surface area (Å²) >= 11 is 1.22. The van der Waals surface area contributed by atoms with Crippen LogP contribution in [0.25, 0.3) is 10.2 Å². The van der Waals surface area contributed by atoms with Gasteiger partial charge >= 0.3 is 12.0 Å². The first-order valence-corrected chi connectivity index (χ1v) is 16.5. The second-order valence-corrected chi connectivity index (χ2v) is 12.5. The molecule has 48 heavy (non-hydrogen) atoms. The number of benzene rings is 3. The van der Waals surface area contributed by atoms with Crippen LogP contribution in [-0.4, -0.2) is 92.2 Å². The molecule has 12 nitrogen and oxygen atoms in total. The minimum Gasteiger partial charge on any atom is -0.508 e. The fourth-order valence-corrected chi connectivity index (χ4v) is 7.08. The number of phenols is 1. The molecule has 0 saturated carbocycles. The van der Waals surface area contributed by atoms with Crippen LogP contribution in [0.5, 0.6) is 5.75 Å². The Morgan fingerprint density at radius 2 is 1.83 bits per heavy atom. The number of carbonyl (C=O) groups is 4. The number of rotatable bonds is 10. The first kappa shape index (κ1) is 32.7. The van der Waals surface area contributed by atoms with Gasteiger partial charge in [0.2, 0.25) is 16.8 Å². The molecule has 3 aromatic carbocycles. The highest BCUT2D eigenvalue weighted by atomic mass is 32.1. The van der Waals surface area contributed by atoms with Crippen molar-refractivity contribution < 1.29 is 29.0 Å². The zero-order chi connectivity index (χ0) is 33.8. The number of hydrazine groups is 1. The van der Waals surface area contributed by atoms with Crippen LogP contribution in [0.1, 0.15) is 33.4 Å². The Morgan fingerprint density at radius 3 is 2.56 bits per heavy atom. The van der Waals surface area contributed by atoms with Gasteiger partial charge in [0, 0.05) is 26.1 Å². The van der Waals surface area contributed by atoms with E-state index in [4.69, 9.17) is 4.74 Å². The number of phenolic OH excluding ortho intramolecular Hbond substituents is 1. The van der Waals surface area contributed by atoms with Crippen molar-refractivity contribution in [2.75, 3.05) is 26.2 Å². The van der Waals surface area contributed by atoms with Gasteiger partial charge in [0.15, 0.2) is 0 Å². The van der Waals surface area contributed by atoms with Crippen molar-refractivity contribution in [1.82, 2.24) is 30.1 Å². The lowest BCUT2D eigenvalue weighted by atomic mass is 9.98. The van der Waals surface area contributed by atoms with Crippen molar-refractivity contribution in [1.29, 1.82) is 0 Å². The van der Waals surface area contributed by atoms with Gasteiger partial charge in [-0.15, -0.1) is 17.9 Å². The van der Waals surface area contributed by atoms with Crippen LogP contribution >= 0.6 is 11.3 Å². The van der Waals surface area contributed by atoms with Crippen LogP contribution in [0.15, 0.2) is 85.5 Å². The molecule has 4 aromatic rings. The van der Waals surface area contributed by atoms with E-state index in [9.17, 15) is 24.3 Å². The molecular weight excluding hydrogens is 632 g/mol. The largest absolute Gasteiger partial charge is 0.508 e. The molecule has 0 bridgehead atoms. The molecule has 2 N–H and O–H groups in total. The van der Waals surface area contributed by atoms with E-state index in [1.807, 2.05) is 48.5 Å². The highest BCUT2D eigenvalue weighted by molar-refractivity contribution is 7.20. The molecule has 2 aliphatic rings. The molecule has 3 heterocycles. The van der Waals surface area contributed by atoms with Crippen LogP contribution in [0.3, 0.4) is 0 Å². The van der Waals surface area contributed by atoms with Gasteiger partial charge in [0.25, 0.3) is 0 Å². The van der Waals surface area contributed by atoms with Crippen LogP contribution in [0.2, 0.25) is 0 Å². The Kier molecular flexibility index (Phi) is 9.69. The van der Waals surface area contributed by atoms with E-state index < -0.39 is 24.2 Å². The number of para-hydroxylation sites is 1. The highest BCUT2D eigenvalue weighted by Crippen LogP contribution is 2.32. The molecule has 2 aliphatic heterocycles. The first-order valence-electron chi connectivity index (χ1n) is 15.7. The molecular formula is C35H36N6O6S. The Balaban J connectivity index is 1.36.